The molecular weight excluding hydrogens is 311 g/mol. The van der Waals surface area contributed by atoms with Crippen molar-refractivity contribution in [2.45, 2.75) is 0 Å². The monoisotopic (exact) mass is 322 g/mol. The lowest BCUT2D eigenvalue weighted by molar-refractivity contribution is 0.112. The van der Waals surface area contributed by atoms with Crippen LogP contribution in [-0.2, 0) is 0 Å². The molecule has 0 unspecified atom stereocenters. The first-order chi connectivity index (χ1) is 11.3. The van der Waals surface area contributed by atoms with Gasteiger partial charge in [0.15, 0.2) is 6.29 Å². The van der Waals surface area contributed by atoms with Gasteiger partial charge in [-0.1, -0.05) is 18.2 Å². The van der Waals surface area contributed by atoms with E-state index in [1.807, 2.05) is 35.7 Å². The van der Waals surface area contributed by atoms with Crippen LogP contribution in [-0.4, -0.2) is 16.5 Å². The van der Waals surface area contributed by atoms with E-state index in [-0.39, 0.29) is 5.82 Å². The molecule has 5 heteroatoms. The molecule has 4 aromatic rings. The number of aldehydes is 1. The number of benzene rings is 2. The fourth-order valence-corrected chi connectivity index (χ4v) is 3.41. The quantitative estimate of drug-likeness (QED) is 0.545. The van der Waals surface area contributed by atoms with Crippen molar-refractivity contribution < 1.29 is 9.18 Å². The van der Waals surface area contributed by atoms with E-state index < -0.39 is 0 Å². The molecule has 4 rings (SSSR count). The van der Waals surface area contributed by atoms with Gasteiger partial charge in [0.25, 0.3) is 0 Å². The van der Waals surface area contributed by atoms with Crippen molar-refractivity contribution in [2.75, 3.05) is 0 Å². The van der Waals surface area contributed by atoms with Crippen LogP contribution < -0.4 is 0 Å². The van der Waals surface area contributed by atoms with Gasteiger partial charge in [0.1, 0.15) is 11.5 Å². The Balaban J connectivity index is 1.91. The van der Waals surface area contributed by atoms with Gasteiger partial charge in [-0.2, -0.15) is 5.10 Å². The molecule has 0 bridgehead atoms. The fraction of sp³-hybridized carbons (Fsp3) is 0. The van der Waals surface area contributed by atoms with Gasteiger partial charge in [0.05, 0.1) is 10.4 Å². The number of carbonyl (C=O) groups is 1. The Bertz CT molecular complexity index is 1020. The van der Waals surface area contributed by atoms with Gasteiger partial charge in [0.2, 0.25) is 0 Å². The summed E-state index contributed by atoms with van der Waals surface area (Å²) >= 11 is 1.41. The summed E-state index contributed by atoms with van der Waals surface area (Å²) in [5.41, 5.74) is 4.13. The van der Waals surface area contributed by atoms with Crippen LogP contribution in [0.3, 0.4) is 0 Å². The van der Waals surface area contributed by atoms with E-state index in [4.69, 9.17) is 0 Å². The topological polar surface area (TPSA) is 45.8 Å². The minimum Gasteiger partial charge on any atom is -0.297 e. The summed E-state index contributed by atoms with van der Waals surface area (Å²) in [5.74, 6) is -0.295. The minimum atomic E-state index is -0.295. The van der Waals surface area contributed by atoms with Crippen LogP contribution in [0, 0.1) is 5.82 Å². The summed E-state index contributed by atoms with van der Waals surface area (Å²) < 4.78 is 13.5. The number of halogens is 1. The van der Waals surface area contributed by atoms with Crippen molar-refractivity contribution in [3.8, 4) is 22.4 Å². The van der Waals surface area contributed by atoms with Crippen LogP contribution in [0.25, 0.3) is 33.3 Å². The zero-order chi connectivity index (χ0) is 15.8. The summed E-state index contributed by atoms with van der Waals surface area (Å²) in [6.45, 7) is 0. The molecule has 3 nitrogen and oxygen atoms in total. The summed E-state index contributed by atoms with van der Waals surface area (Å²) in [7, 11) is 0. The molecule has 112 valence electrons. The highest BCUT2D eigenvalue weighted by Gasteiger charge is 2.12. The van der Waals surface area contributed by atoms with Gasteiger partial charge in [-0.3, -0.25) is 9.89 Å². The lowest BCUT2D eigenvalue weighted by atomic mass is 10.0. The zero-order valence-corrected chi connectivity index (χ0v) is 12.7. The number of thiophene rings is 1. The number of fused-ring (bicyclic) bond motifs is 1. The molecule has 0 radical (unpaired) electrons. The maximum Gasteiger partial charge on any atom is 0.160 e. The highest BCUT2D eigenvalue weighted by atomic mass is 32.1. The molecule has 2 heterocycles. The van der Waals surface area contributed by atoms with Gasteiger partial charge < -0.3 is 0 Å². The van der Waals surface area contributed by atoms with Crippen LogP contribution >= 0.6 is 11.3 Å². The molecule has 0 aliphatic rings. The number of nitrogens with one attached hydrogen (secondary N) is 1. The van der Waals surface area contributed by atoms with Crippen molar-refractivity contribution in [1.82, 2.24) is 10.2 Å². The predicted molar refractivity (Wildman–Crippen MR) is 90.2 cm³/mol. The van der Waals surface area contributed by atoms with E-state index >= 15 is 0 Å². The average Bonchev–Trinajstić information content (AvgIpc) is 3.20. The molecular formula is C18H11FN2OS. The third kappa shape index (κ3) is 2.35. The first-order valence-corrected chi connectivity index (χ1v) is 7.91. The van der Waals surface area contributed by atoms with Crippen molar-refractivity contribution in [3.63, 3.8) is 0 Å². The van der Waals surface area contributed by atoms with E-state index in [2.05, 4.69) is 10.2 Å². The van der Waals surface area contributed by atoms with Crippen molar-refractivity contribution in [3.05, 3.63) is 64.6 Å². The summed E-state index contributed by atoms with van der Waals surface area (Å²) in [6, 6.07) is 14.1. The Hall–Kier alpha value is -2.79. The standard InChI is InChI=1S/C18H11FN2OS/c19-13-3-1-2-12(8-13)18-15-9-11(4-5-16(15)20-21-18)14-6-7-23-17(14)10-22/h1-10H,(H,20,21). The van der Waals surface area contributed by atoms with E-state index in [9.17, 15) is 9.18 Å². The summed E-state index contributed by atoms with van der Waals surface area (Å²) in [6.07, 6.45) is 0.868. The minimum absolute atomic E-state index is 0.295. The highest BCUT2D eigenvalue weighted by molar-refractivity contribution is 7.12. The molecule has 1 N–H and O–H groups in total. The van der Waals surface area contributed by atoms with E-state index in [1.165, 1.54) is 23.5 Å². The number of hydrogen-bond acceptors (Lipinski definition) is 3. The largest absolute Gasteiger partial charge is 0.297 e. The lowest BCUT2D eigenvalue weighted by Crippen LogP contribution is -1.83. The Kier molecular flexibility index (Phi) is 3.28. The van der Waals surface area contributed by atoms with Crippen LogP contribution in [0.2, 0.25) is 0 Å². The summed E-state index contributed by atoms with van der Waals surface area (Å²) in [5, 5.41) is 10.1. The number of rotatable bonds is 3. The second-order valence-corrected chi connectivity index (χ2v) is 6.11. The molecule has 0 saturated carbocycles. The Labute approximate surface area is 135 Å². The Morgan fingerprint density at radius 1 is 1.09 bits per heavy atom. The molecule has 0 aliphatic heterocycles. The van der Waals surface area contributed by atoms with E-state index in [0.717, 1.165) is 28.3 Å². The maximum absolute atomic E-state index is 13.5. The highest BCUT2D eigenvalue weighted by Crippen LogP contribution is 2.33. The number of carbonyl (C=O) groups excluding carboxylic acids is 1. The number of H-pyrrole nitrogens is 1. The number of aromatic nitrogens is 2. The summed E-state index contributed by atoms with van der Waals surface area (Å²) in [4.78, 5) is 11.8. The molecule has 0 amide bonds. The third-order valence-corrected chi connectivity index (χ3v) is 4.62. The number of aromatic amines is 1. The normalized spacial score (nSPS) is 11.0. The molecule has 2 aromatic heterocycles. The van der Waals surface area contributed by atoms with Gasteiger partial charge in [-0.05, 0) is 41.3 Å². The Morgan fingerprint density at radius 3 is 2.83 bits per heavy atom. The molecule has 0 fully saturated rings. The maximum atomic E-state index is 13.5. The number of hydrogen-bond donors (Lipinski definition) is 1. The van der Waals surface area contributed by atoms with Gasteiger partial charge in [-0.25, -0.2) is 4.39 Å². The molecule has 0 saturated heterocycles. The molecule has 0 spiro atoms. The van der Waals surface area contributed by atoms with E-state index in [1.54, 1.807) is 6.07 Å². The Morgan fingerprint density at radius 2 is 2.00 bits per heavy atom. The zero-order valence-electron chi connectivity index (χ0n) is 11.9. The lowest BCUT2D eigenvalue weighted by Gasteiger charge is -2.02. The van der Waals surface area contributed by atoms with E-state index in [0.29, 0.717) is 16.1 Å². The SMILES string of the molecule is O=Cc1sccc1-c1ccc2[nH]nc(-c3cccc(F)c3)c2c1. The van der Waals surface area contributed by atoms with Crippen LogP contribution in [0.1, 0.15) is 9.67 Å². The second-order valence-electron chi connectivity index (χ2n) is 5.16. The van der Waals surface area contributed by atoms with Crippen molar-refractivity contribution >= 4 is 28.5 Å². The fourth-order valence-electron chi connectivity index (χ4n) is 2.69. The van der Waals surface area contributed by atoms with Crippen LogP contribution in [0.5, 0.6) is 0 Å². The molecule has 0 aliphatic carbocycles. The average molecular weight is 322 g/mol. The predicted octanol–water partition coefficient (Wildman–Crippen LogP) is 4.91. The third-order valence-electron chi connectivity index (χ3n) is 3.77. The molecule has 0 atom stereocenters. The first kappa shape index (κ1) is 13.8. The molecule has 23 heavy (non-hydrogen) atoms. The first-order valence-electron chi connectivity index (χ1n) is 7.03. The van der Waals surface area contributed by atoms with Crippen molar-refractivity contribution in [2.24, 2.45) is 0 Å². The van der Waals surface area contributed by atoms with Crippen LogP contribution in [0.4, 0.5) is 4.39 Å². The van der Waals surface area contributed by atoms with Crippen LogP contribution in [0.15, 0.2) is 53.9 Å². The van der Waals surface area contributed by atoms with Gasteiger partial charge >= 0.3 is 0 Å². The second kappa shape index (κ2) is 5.44. The van der Waals surface area contributed by atoms with Gasteiger partial charge in [-0.15, -0.1) is 11.3 Å². The molecule has 2 aromatic carbocycles. The smallest absolute Gasteiger partial charge is 0.160 e. The van der Waals surface area contributed by atoms with Gasteiger partial charge in [0, 0.05) is 16.5 Å². The number of nitrogens with zero attached hydrogens (tertiary/aromatic N) is 1. The van der Waals surface area contributed by atoms with Crippen molar-refractivity contribution in [1.29, 1.82) is 0 Å².